The fourth-order valence-electron chi connectivity index (χ4n) is 3.49. The Morgan fingerprint density at radius 3 is 2.57 bits per heavy atom. The van der Waals surface area contributed by atoms with Gasteiger partial charge in [0.2, 0.25) is 0 Å². The van der Waals surface area contributed by atoms with Gasteiger partial charge in [-0.15, -0.1) is 0 Å². The Balaban J connectivity index is 2.23. The average Bonchev–Trinajstić information content (AvgIpc) is 3.08. The molecule has 0 saturated carbocycles. The maximum Gasteiger partial charge on any atom is 0.321 e. The molecule has 2 aromatic rings. The van der Waals surface area contributed by atoms with Crippen LogP contribution in [0.5, 0.6) is 0 Å². The van der Waals surface area contributed by atoms with Gasteiger partial charge in [-0.2, -0.15) is 0 Å². The molecule has 2 amide bonds. The van der Waals surface area contributed by atoms with Crippen LogP contribution in [0.15, 0.2) is 66.8 Å². The second-order valence-corrected chi connectivity index (χ2v) is 6.89. The number of halogens is 2. The Hall–Kier alpha value is -2.99. The maximum atomic E-state index is 14.5. The summed E-state index contributed by atoms with van der Waals surface area (Å²) in [6, 6.07) is 12.5. The molecule has 4 nitrogen and oxygen atoms in total. The number of benzene rings is 2. The third kappa shape index (κ3) is 3.55. The normalized spacial score (nSPS) is 19.2. The van der Waals surface area contributed by atoms with Gasteiger partial charge < -0.3 is 15.5 Å². The summed E-state index contributed by atoms with van der Waals surface area (Å²) in [6.45, 7) is 0.428. The van der Waals surface area contributed by atoms with Crippen LogP contribution in [0.25, 0.3) is 5.57 Å². The number of nitrogens with two attached hydrogens (primary N) is 1. The molecule has 0 spiro atoms. The Bertz CT molecular complexity index is 925. The summed E-state index contributed by atoms with van der Waals surface area (Å²) >= 11 is 0. The number of hydrogen-bond donors (Lipinski definition) is 1. The fourth-order valence-corrected chi connectivity index (χ4v) is 3.49. The molecule has 0 aliphatic carbocycles. The van der Waals surface area contributed by atoms with E-state index in [0.29, 0.717) is 5.57 Å². The van der Waals surface area contributed by atoms with Gasteiger partial charge in [-0.3, -0.25) is 0 Å². The molecule has 1 heterocycles. The molecule has 2 N–H and O–H groups in total. The van der Waals surface area contributed by atoms with Crippen molar-refractivity contribution in [3.63, 3.8) is 0 Å². The Morgan fingerprint density at radius 1 is 1.21 bits per heavy atom. The minimum Gasteiger partial charge on any atom is -0.331 e. The van der Waals surface area contributed by atoms with E-state index in [2.05, 4.69) is 0 Å². The van der Waals surface area contributed by atoms with Crippen molar-refractivity contribution in [1.82, 2.24) is 9.80 Å². The number of urea groups is 1. The van der Waals surface area contributed by atoms with Crippen LogP contribution < -0.4 is 5.73 Å². The lowest BCUT2D eigenvalue weighted by Crippen LogP contribution is -2.48. The van der Waals surface area contributed by atoms with Crippen LogP contribution >= 0.6 is 0 Å². The lowest BCUT2D eigenvalue weighted by Gasteiger charge is -2.37. The van der Waals surface area contributed by atoms with Crippen LogP contribution in [-0.2, 0) is 5.54 Å². The first-order valence-electron chi connectivity index (χ1n) is 8.98. The minimum atomic E-state index is -0.948. The monoisotopic (exact) mass is 383 g/mol. The third-order valence-corrected chi connectivity index (χ3v) is 4.80. The average molecular weight is 383 g/mol. The molecule has 0 aromatic heterocycles. The minimum absolute atomic E-state index is 0.140. The first kappa shape index (κ1) is 19.8. The number of carbonyl (C=O) groups is 1. The van der Waals surface area contributed by atoms with Crippen LogP contribution in [0.3, 0.4) is 0 Å². The second kappa shape index (κ2) is 7.94. The zero-order valence-electron chi connectivity index (χ0n) is 15.9. The van der Waals surface area contributed by atoms with Crippen LogP contribution in [0, 0.1) is 11.6 Å². The quantitative estimate of drug-likeness (QED) is 0.818. The van der Waals surface area contributed by atoms with Gasteiger partial charge in [0, 0.05) is 32.7 Å². The van der Waals surface area contributed by atoms with Crippen molar-refractivity contribution in [1.29, 1.82) is 0 Å². The third-order valence-electron chi connectivity index (χ3n) is 4.80. The summed E-state index contributed by atoms with van der Waals surface area (Å²) in [5, 5.41) is 0. The predicted molar refractivity (Wildman–Crippen MR) is 106 cm³/mol. The zero-order chi connectivity index (χ0) is 20.3. The molecule has 2 aromatic carbocycles. The van der Waals surface area contributed by atoms with Crippen molar-refractivity contribution in [2.75, 3.05) is 27.2 Å². The van der Waals surface area contributed by atoms with Crippen molar-refractivity contribution >= 4 is 11.6 Å². The van der Waals surface area contributed by atoms with Crippen molar-refractivity contribution in [3.05, 3.63) is 89.5 Å². The van der Waals surface area contributed by atoms with E-state index < -0.39 is 17.2 Å². The van der Waals surface area contributed by atoms with Gasteiger partial charge in [0.1, 0.15) is 17.2 Å². The number of rotatable bonds is 4. The maximum absolute atomic E-state index is 14.5. The summed E-state index contributed by atoms with van der Waals surface area (Å²) < 4.78 is 28.2. The summed E-state index contributed by atoms with van der Waals surface area (Å²) in [7, 11) is 3.32. The van der Waals surface area contributed by atoms with E-state index in [-0.39, 0.29) is 24.7 Å². The highest BCUT2D eigenvalue weighted by atomic mass is 19.1. The Labute approximate surface area is 163 Å². The van der Waals surface area contributed by atoms with E-state index in [9.17, 15) is 13.6 Å². The largest absolute Gasteiger partial charge is 0.331 e. The first-order chi connectivity index (χ1) is 13.4. The lowest BCUT2D eigenvalue weighted by molar-refractivity contribution is 0.153. The van der Waals surface area contributed by atoms with Crippen LogP contribution in [0.4, 0.5) is 13.6 Å². The molecule has 0 fully saturated rings. The van der Waals surface area contributed by atoms with Crippen molar-refractivity contribution in [2.45, 2.75) is 5.54 Å². The molecular weight excluding hydrogens is 360 g/mol. The van der Waals surface area contributed by atoms with Crippen LogP contribution in [0.1, 0.15) is 11.1 Å². The second-order valence-electron chi connectivity index (χ2n) is 6.89. The van der Waals surface area contributed by atoms with E-state index in [4.69, 9.17) is 5.73 Å². The number of nitrogens with zero attached hydrogens (tertiary/aromatic N) is 2. The highest BCUT2D eigenvalue weighted by Gasteiger charge is 2.43. The number of hydrogen-bond acceptors (Lipinski definition) is 2. The SMILES string of the molecule is CN(C)C(=O)N1CC(c2cc(F)ccc2F)=CC1(C=CCN)c1ccccc1. The van der Waals surface area contributed by atoms with Gasteiger partial charge in [0.25, 0.3) is 0 Å². The Morgan fingerprint density at radius 2 is 1.93 bits per heavy atom. The smallest absolute Gasteiger partial charge is 0.321 e. The highest BCUT2D eigenvalue weighted by Crippen LogP contribution is 2.42. The van der Waals surface area contributed by atoms with Gasteiger partial charge in [-0.05, 0) is 35.4 Å². The van der Waals surface area contributed by atoms with E-state index in [0.717, 1.165) is 23.8 Å². The van der Waals surface area contributed by atoms with E-state index in [1.165, 1.54) is 4.90 Å². The number of carbonyl (C=O) groups excluding carboxylic acids is 1. The van der Waals surface area contributed by atoms with E-state index in [1.54, 1.807) is 25.1 Å². The summed E-state index contributed by atoms with van der Waals surface area (Å²) in [4.78, 5) is 16.1. The van der Waals surface area contributed by atoms with Gasteiger partial charge in [0.15, 0.2) is 0 Å². The lowest BCUT2D eigenvalue weighted by atomic mass is 9.88. The summed E-state index contributed by atoms with van der Waals surface area (Å²) in [5.74, 6) is -1.06. The molecule has 3 rings (SSSR count). The molecule has 1 atom stereocenters. The zero-order valence-corrected chi connectivity index (χ0v) is 15.9. The molecule has 0 radical (unpaired) electrons. The predicted octanol–water partition coefficient (Wildman–Crippen LogP) is 3.76. The standard InChI is InChI=1S/C22H23F2N3O/c1-26(2)21(28)27-15-16(19-13-18(23)9-10-20(19)24)14-22(27,11-6-12-25)17-7-4-3-5-8-17/h3-11,13-14H,12,15,25H2,1-2H3. The molecule has 1 unspecified atom stereocenters. The van der Waals surface area contributed by atoms with Gasteiger partial charge in [0.05, 0.1) is 0 Å². The van der Waals surface area contributed by atoms with Gasteiger partial charge >= 0.3 is 6.03 Å². The molecule has 146 valence electrons. The molecule has 1 aliphatic heterocycles. The number of amides is 2. The van der Waals surface area contributed by atoms with Crippen molar-refractivity contribution in [3.8, 4) is 0 Å². The van der Waals surface area contributed by atoms with E-state index >= 15 is 0 Å². The molecule has 0 bridgehead atoms. The molecular formula is C22H23F2N3O. The van der Waals surface area contributed by atoms with Crippen LogP contribution in [-0.4, -0.2) is 43.0 Å². The molecule has 0 saturated heterocycles. The first-order valence-corrected chi connectivity index (χ1v) is 8.98. The van der Waals surface area contributed by atoms with Crippen molar-refractivity contribution in [2.24, 2.45) is 5.73 Å². The van der Waals surface area contributed by atoms with E-state index in [1.807, 2.05) is 42.5 Å². The highest BCUT2D eigenvalue weighted by molar-refractivity contribution is 5.84. The topological polar surface area (TPSA) is 49.6 Å². The molecule has 1 aliphatic rings. The van der Waals surface area contributed by atoms with Gasteiger partial charge in [-0.1, -0.05) is 42.5 Å². The summed E-state index contributed by atoms with van der Waals surface area (Å²) in [6.07, 6.45) is 5.42. The fraction of sp³-hybridized carbons (Fsp3) is 0.227. The Kier molecular flexibility index (Phi) is 5.61. The molecule has 6 heteroatoms. The van der Waals surface area contributed by atoms with Crippen molar-refractivity contribution < 1.29 is 13.6 Å². The van der Waals surface area contributed by atoms with Crippen LogP contribution in [0.2, 0.25) is 0 Å². The summed E-state index contributed by atoms with van der Waals surface area (Å²) in [5.41, 5.74) is 6.26. The van der Waals surface area contributed by atoms with Gasteiger partial charge in [-0.25, -0.2) is 13.6 Å². The molecule has 28 heavy (non-hydrogen) atoms.